The predicted molar refractivity (Wildman–Crippen MR) is 245 cm³/mol. The van der Waals surface area contributed by atoms with Crippen LogP contribution in [0.3, 0.4) is 0 Å². The molecule has 0 atom stereocenters. The second kappa shape index (κ2) is 14.1. The fourth-order valence-corrected chi connectivity index (χ4v) is 8.67. The molecular weight excluding hydrogens is 703 g/mol. The molecule has 0 bridgehead atoms. The van der Waals surface area contributed by atoms with Gasteiger partial charge in [0.05, 0.1) is 5.69 Å². The Morgan fingerprint density at radius 1 is 0.259 bits per heavy atom. The number of hydrogen-bond donors (Lipinski definition) is 0. The number of rotatable bonds is 7. The maximum atomic E-state index is 7.33. The molecule has 0 amide bonds. The average Bonchev–Trinajstić information content (AvgIpc) is 3.72. The first-order valence-electron chi connectivity index (χ1n) is 19.8. The second-order valence-electron chi connectivity index (χ2n) is 14.8. The highest BCUT2D eigenvalue weighted by Crippen LogP contribution is 2.49. The van der Waals surface area contributed by atoms with E-state index in [1.807, 2.05) is 0 Å². The van der Waals surface area contributed by atoms with Crippen LogP contribution in [0.4, 0.5) is 17.1 Å². The number of furan rings is 1. The fourth-order valence-electron chi connectivity index (χ4n) is 8.67. The van der Waals surface area contributed by atoms with Gasteiger partial charge in [0.15, 0.2) is 5.58 Å². The van der Waals surface area contributed by atoms with Crippen molar-refractivity contribution in [2.45, 2.75) is 0 Å². The first-order chi connectivity index (χ1) is 28.8. The van der Waals surface area contributed by atoms with Crippen LogP contribution < -0.4 is 4.90 Å². The zero-order valence-corrected chi connectivity index (χ0v) is 31.7. The fraction of sp³-hybridized carbons (Fsp3) is 0. The van der Waals surface area contributed by atoms with Crippen molar-refractivity contribution < 1.29 is 4.42 Å². The summed E-state index contributed by atoms with van der Waals surface area (Å²) < 4.78 is 7.33. The summed E-state index contributed by atoms with van der Waals surface area (Å²) in [7, 11) is 0. The smallest absolute Gasteiger partial charge is 0.160 e. The van der Waals surface area contributed by atoms with E-state index in [0.717, 1.165) is 55.5 Å². The summed E-state index contributed by atoms with van der Waals surface area (Å²) in [5, 5.41) is 6.93. The van der Waals surface area contributed by atoms with Gasteiger partial charge in [0, 0.05) is 27.5 Å². The van der Waals surface area contributed by atoms with E-state index in [4.69, 9.17) is 4.42 Å². The first kappa shape index (κ1) is 33.6. The molecule has 272 valence electrons. The van der Waals surface area contributed by atoms with Crippen molar-refractivity contribution >= 4 is 60.5 Å². The molecule has 58 heavy (non-hydrogen) atoms. The Bertz CT molecular complexity index is 3140. The summed E-state index contributed by atoms with van der Waals surface area (Å²) in [6, 6.07) is 80.4. The van der Waals surface area contributed by atoms with Gasteiger partial charge in [-0.1, -0.05) is 194 Å². The molecule has 11 aromatic rings. The molecule has 0 radical (unpaired) electrons. The van der Waals surface area contributed by atoms with Crippen LogP contribution in [0.25, 0.3) is 88.0 Å². The largest absolute Gasteiger partial charge is 0.453 e. The first-order valence-corrected chi connectivity index (χ1v) is 19.8. The lowest BCUT2D eigenvalue weighted by Crippen LogP contribution is -2.10. The van der Waals surface area contributed by atoms with Gasteiger partial charge in [-0.15, -0.1) is 0 Å². The van der Waals surface area contributed by atoms with E-state index in [9.17, 15) is 0 Å². The van der Waals surface area contributed by atoms with Crippen molar-refractivity contribution in [1.29, 1.82) is 0 Å². The summed E-state index contributed by atoms with van der Waals surface area (Å²) in [6.45, 7) is 0. The lowest BCUT2D eigenvalue weighted by atomic mass is 9.92. The van der Waals surface area contributed by atoms with Crippen molar-refractivity contribution in [2.75, 3.05) is 4.90 Å². The van der Waals surface area contributed by atoms with Gasteiger partial charge >= 0.3 is 0 Å². The number of fused-ring (bicyclic) bond motifs is 8. The van der Waals surface area contributed by atoms with E-state index in [0.29, 0.717) is 0 Å². The van der Waals surface area contributed by atoms with Crippen molar-refractivity contribution in [2.24, 2.45) is 0 Å². The van der Waals surface area contributed by atoms with Gasteiger partial charge in [0.1, 0.15) is 5.58 Å². The average molecular weight is 740 g/mol. The SMILES string of the molecule is c1ccc(-c2ccc(-c3ccc(N(c4ccc(-c5ccccc5)cc4)c4ccc(-c5ccccc5)cc4)c4oc5c6ccccc6c6ccccc6c5c34)cc2)cc1. The third kappa shape index (κ3) is 5.74. The van der Waals surface area contributed by atoms with Gasteiger partial charge in [0.2, 0.25) is 0 Å². The molecule has 0 unspecified atom stereocenters. The molecule has 2 heteroatoms. The molecule has 11 rings (SSSR count). The quantitative estimate of drug-likeness (QED) is 0.151. The normalized spacial score (nSPS) is 11.4. The van der Waals surface area contributed by atoms with Crippen LogP contribution in [0.1, 0.15) is 0 Å². The Balaban J connectivity index is 1.18. The van der Waals surface area contributed by atoms with Gasteiger partial charge in [-0.3, -0.25) is 0 Å². The van der Waals surface area contributed by atoms with E-state index < -0.39 is 0 Å². The van der Waals surface area contributed by atoms with Crippen LogP contribution in [0.15, 0.2) is 229 Å². The van der Waals surface area contributed by atoms with Gasteiger partial charge in [-0.2, -0.15) is 0 Å². The van der Waals surface area contributed by atoms with Crippen molar-refractivity contribution in [3.63, 3.8) is 0 Å². The van der Waals surface area contributed by atoms with E-state index in [1.165, 1.54) is 49.5 Å². The summed E-state index contributed by atoms with van der Waals surface area (Å²) >= 11 is 0. The van der Waals surface area contributed by atoms with Crippen molar-refractivity contribution in [1.82, 2.24) is 0 Å². The summed E-state index contributed by atoms with van der Waals surface area (Å²) in [5.74, 6) is 0. The van der Waals surface area contributed by atoms with Gasteiger partial charge in [0.25, 0.3) is 0 Å². The predicted octanol–water partition coefficient (Wildman–Crippen LogP) is 16.0. The van der Waals surface area contributed by atoms with Gasteiger partial charge in [-0.25, -0.2) is 0 Å². The molecular formula is C56H37NO. The van der Waals surface area contributed by atoms with E-state index >= 15 is 0 Å². The highest BCUT2D eigenvalue weighted by molar-refractivity contribution is 6.33. The number of nitrogens with zero attached hydrogens (tertiary/aromatic N) is 1. The summed E-state index contributed by atoms with van der Waals surface area (Å²) in [5.41, 5.74) is 14.2. The van der Waals surface area contributed by atoms with E-state index in [2.05, 4.69) is 229 Å². The Hall–Kier alpha value is -7.68. The van der Waals surface area contributed by atoms with Crippen LogP contribution in [-0.4, -0.2) is 0 Å². The molecule has 10 aromatic carbocycles. The molecule has 1 aromatic heterocycles. The molecule has 0 aliphatic rings. The highest BCUT2D eigenvalue weighted by Gasteiger charge is 2.25. The van der Waals surface area contributed by atoms with Gasteiger partial charge < -0.3 is 9.32 Å². The molecule has 0 aliphatic heterocycles. The second-order valence-corrected chi connectivity index (χ2v) is 14.8. The summed E-state index contributed by atoms with van der Waals surface area (Å²) in [4.78, 5) is 2.35. The Morgan fingerprint density at radius 3 is 1.14 bits per heavy atom. The third-order valence-electron chi connectivity index (χ3n) is 11.5. The highest BCUT2D eigenvalue weighted by atomic mass is 16.3. The van der Waals surface area contributed by atoms with Crippen LogP contribution in [0.2, 0.25) is 0 Å². The van der Waals surface area contributed by atoms with Gasteiger partial charge in [-0.05, 0) is 91.0 Å². The molecule has 0 spiro atoms. The minimum absolute atomic E-state index is 0.848. The van der Waals surface area contributed by atoms with Crippen LogP contribution in [0, 0.1) is 0 Å². The number of benzene rings is 10. The maximum Gasteiger partial charge on any atom is 0.160 e. The van der Waals surface area contributed by atoms with E-state index in [-0.39, 0.29) is 0 Å². The zero-order chi connectivity index (χ0) is 38.4. The Labute approximate surface area is 337 Å². The minimum Gasteiger partial charge on any atom is -0.453 e. The maximum absolute atomic E-state index is 7.33. The monoisotopic (exact) mass is 739 g/mol. The summed E-state index contributed by atoms with van der Waals surface area (Å²) in [6.07, 6.45) is 0. The van der Waals surface area contributed by atoms with Crippen LogP contribution in [-0.2, 0) is 0 Å². The molecule has 0 saturated heterocycles. The van der Waals surface area contributed by atoms with Crippen molar-refractivity contribution in [3.8, 4) is 44.5 Å². The zero-order valence-electron chi connectivity index (χ0n) is 31.7. The lowest BCUT2D eigenvalue weighted by Gasteiger charge is -2.26. The lowest BCUT2D eigenvalue weighted by molar-refractivity contribution is 0.673. The molecule has 0 N–H and O–H groups in total. The standard InChI is InChI=1S/C56H37NO/c1-4-14-38(15-5-1)41-24-26-44(27-25-41)47-36-37-52(56-53(47)54-50-22-12-10-20-48(50)49-21-11-13-23-51(49)55(54)58-56)57(45-32-28-42(29-33-45)39-16-6-2-7-17-39)46-34-30-43(31-35-46)40-18-8-3-9-19-40/h1-37H. The molecule has 0 saturated carbocycles. The Kier molecular flexibility index (Phi) is 8.19. The minimum atomic E-state index is 0.848. The van der Waals surface area contributed by atoms with Crippen LogP contribution in [0.5, 0.6) is 0 Å². The van der Waals surface area contributed by atoms with Crippen LogP contribution >= 0.6 is 0 Å². The topological polar surface area (TPSA) is 16.4 Å². The molecule has 0 aliphatic carbocycles. The molecule has 2 nitrogen and oxygen atoms in total. The van der Waals surface area contributed by atoms with E-state index in [1.54, 1.807) is 0 Å². The Morgan fingerprint density at radius 2 is 0.638 bits per heavy atom. The molecule has 1 heterocycles. The third-order valence-corrected chi connectivity index (χ3v) is 11.5. The molecule has 0 fully saturated rings. The number of hydrogen-bond acceptors (Lipinski definition) is 2. The van der Waals surface area contributed by atoms with Crippen molar-refractivity contribution in [3.05, 3.63) is 224 Å². The number of anilines is 3.